The third-order valence-corrected chi connectivity index (χ3v) is 4.71. The number of nitrogens with one attached hydrogen (secondary N) is 2. The van der Waals surface area contributed by atoms with E-state index in [2.05, 4.69) is 10.6 Å². The molecule has 8 heteroatoms. The van der Waals surface area contributed by atoms with Crippen molar-refractivity contribution in [2.24, 2.45) is 5.73 Å². The van der Waals surface area contributed by atoms with Gasteiger partial charge in [-0.15, -0.1) is 23.7 Å². The molecule has 0 aliphatic carbocycles. The first-order chi connectivity index (χ1) is 11.7. The first-order valence-electron chi connectivity index (χ1n) is 7.77. The maximum absolute atomic E-state index is 12.4. The zero-order valence-corrected chi connectivity index (χ0v) is 15.1. The van der Waals surface area contributed by atoms with Gasteiger partial charge in [-0.05, 0) is 36.4 Å². The molecule has 0 bridgehead atoms. The first-order valence-corrected chi connectivity index (χ1v) is 8.65. The molecule has 4 N–H and O–H groups in total. The largest absolute Gasteiger partial charge is 0.364 e. The highest BCUT2D eigenvalue weighted by Gasteiger charge is 2.30. The number of rotatable bonds is 5. The number of hydrogen-bond acceptors (Lipinski definition) is 5. The molecule has 0 saturated carbocycles. The first kappa shape index (κ1) is 19.4. The van der Waals surface area contributed by atoms with Gasteiger partial charge in [-0.25, -0.2) is 0 Å². The van der Waals surface area contributed by atoms with Crippen LogP contribution in [0.5, 0.6) is 0 Å². The van der Waals surface area contributed by atoms with E-state index in [4.69, 9.17) is 10.5 Å². The average molecular weight is 382 g/mol. The van der Waals surface area contributed by atoms with E-state index >= 15 is 0 Å². The lowest BCUT2D eigenvalue weighted by molar-refractivity contribution is -0.126. The number of amides is 2. The molecule has 1 aromatic heterocycles. The number of halogens is 1. The van der Waals surface area contributed by atoms with E-state index < -0.39 is 6.10 Å². The summed E-state index contributed by atoms with van der Waals surface area (Å²) in [6, 6.07) is 10.7. The number of thiophene rings is 1. The standard InChI is InChI=1S/C17H19N3O3S.ClH/c18-10-11-7-8-14(23-11)16(21)19-12-4-1-2-5-13(12)20-17(22)15-6-3-9-24-15;/h1-6,9,11,14H,7-8,10,18H2,(H,19,21)(H,20,22);1H/t11-,14+;/m1./s1. The van der Waals surface area contributed by atoms with Crippen molar-refractivity contribution in [3.63, 3.8) is 0 Å². The van der Waals surface area contributed by atoms with Gasteiger partial charge in [0.05, 0.1) is 22.4 Å². The van der Waals surface area contributed by atoms with Crippen molar-refractivity contribution in [3.8, 4) is 0 Å². The molecule has 134 valence electrons. The van der Waals surface area contributed by atoms with Gasteiger partial charge in [0.25, 0.3) is 11.8 Å². The van der Waals surface area contributed by atoms with Gasteiger partial charge >= 0.3 is 0 Å². The summed E-state index contributed by atoms with van der Waals surface area (Å²) in [6.07, 6.45) is 0.872. The van der Waals surface area contributed by atoms with Crippen LogP contribution in [-0.4, -0.2) is 30.6 Å². The number of carbonyl (C=O) groups is 2. The smallest absolute Gasteiger partial charge is 0.265 e. The molecule has 1 aromatic carbocycles. The Kier molecular flexibility index (Phi) is 6.95. The van der Waals surface area contributed by atoms with Crippen LogP contribution in [0.3, 0.4) is 0 Å². The summed E-state index contributed by atoms with van der Waals surface area (Å²) in [5.74, 6) is -0.421. The number of ether oxygens (including phenoxy) is 1. The molecule has 0 spiro atoms. The second kappa shape index (κ2) is 8.96. The summed E-state index contributed by atoms with van der Waals surface area (Å²) < 4.78 is 5.60. The molecule has 2 amide bonds. The molecule has 1 saturated heterocycles. The number of nitrogens with two attached hydrogens (primary N) is 1. The van der Waals surface area contributed by atoms with Crippen LogP contribution in [0.2, 0.25) is 0 Å². The minimum absolute atomic E-state index is 0. The third kappa shape index (κ3) is 4.79. The van der Waals surface area contributed by atoms with Gasteiger partial charge in [-0.3, -0.25) is 9.59 Å². The number of carbonyl (C=O) groups excluding carboxylic acids is 2. The molecule has 2 heterocycles. The Hall–Kier alpha value is -1.93. The van der Waals surface area contributed by atoms with Gasteiger partial charge in [-0.1, -0.05) is 18.2 Å². The van der Waals surface area contributed by atoms with Crippen molar-refractivity contribution in [2.75, 3.05) is 17.2 Å². The van der Waals surface area contributed by atoms with E-state index in [0.29, 0.717) is 29.2 Å². The highest BCUT2D eigenvalue weighted by Crippen LogP contribution is 2.25. The lowest BCUT2D eigenvalue weighted by atomic mass is 10.2. The molecule has 0 unspecified atom stereocenters. The molecule has 2 atom stereocenters. The molecule has 1 aliphatic heterocycles. The Bertz CT molecular complexity index is 724. The number of anilines is 2. The fourth-order valence-corrected chi connectivity index (χ4v) is 3.20. The molecule has 25 heavy (non-hydrogen) atoms. The maximum atomic E-state index is 12.4. The minimum atomic E-state index is -0.500. The average Bonchev–Trinajstić information content (AvgIpc) is 3.28. The fraction of sp³-hybridized carbons (Fsp3) is 0.294. The summed E-state index contributed by atoms with van der Waals surface area (Å²) >= 11 is 1.36. The highest BCUT2D eigenvalue weighted by atomic mass is 35.5. The van der Waals surface area contributed by atoms with Gasteiger partial charge in [0.1, 0.15) is 6.10 Å². The molecule has 0 radical (unpaired) electrons. The lowest BCUT2D eigenvalue weighted by Crippen LogP contribution is -2.30. The van der Waals surface area contributed by atoms with Crippen molar-refractivity contribution in [3.05, 3.63) is 46.7 Å². The van der Waals surface area contributed by atoms with Gasteiger partial charge in [0.15, 0.2) is 0 Å². The molecule has 2 aromatic rings. The Morgan fingerprint density at radius 3 is 2.44 bits per heavy atom. The van der Waals surface area contributed by atoms with E-state index in [1.165, 1.54) is 11.3 Å². The van der Waals surface area contributed by atoms with Gasteiger partial charge in [0.2, 0.25) is 0 Å². The quantitative estimate of drug-likeness (QED) is 0.742. The molecule has 6 nitrogen and oxygen atoms in total. The van der Waals surface area contributed by atoms with Crippen LogP contribution in [-0.2, 0) is 9.53 Å². The van der Waals surface area contributed by atoms with Gasteiger partial charge < -0.3 is 21.1 Å². The molecule has 1 fully saturated rings. The summed E-state index contributed by atoms with van der Waals surface area (Å²) in [4.78, 5) is 25.2. The summed E-state index contributed by atoms with van der Waals surface area (Å²) in [5.41, 5.74) is 6.67. The highest BCUT2D eigenvalue weighted by molar-refractivity contribution is 7.12. The SMILES string of the molecule is Cl.NC[C@H]1CC[C@@H](C(=O)Nc2ccccc2NC(=O)c2cccs2)O1. The van der Waals surface area contributed by atoms with Gasteiger partial charge in [0, 0.05) is 6.54 Å². The van der Waals surface area contributed by atoms with Crippen LogP contribution in [0, 0.1) is 0 Å². The molecular weight excluding hydrogens is 362 g/mol. The van der Waals surface area contributed by atoms with Crippen molar-refractivity contribution >= 4 is 46.9 Å². The van der Waals surface area contributed by atoms with E-state index in [1.807, 2.05) is 11.4 Å². The van der Waals surface area contributed by atoms with Crippen molar-refractivity contribution in [2.45, 2.75) is 25.0 Å². The lowest BCUT2D eigenvalue weighted by Gasteiger charge is -2.15. The normalized spacial score (nSPS) is 19.1. The predicted octanol–water partition coefficient (Wildman–Crippen LogP) is 2.87. The summed E-state index contributed by atoms with van der Waals surface area (Å²) in [5, 5.41) is 7.50. The third-order valence-electron chi connectivity index (χ3n) is 3.84. The van der Waals surface area contributed by atoms with Crippen LogP contribution in [0.4, 0.5) is 11.4 Å². The second-order valence-corrected chi connectivity index (χ2v) is 6.47. The summed E-state index contributed by atoms with van der Waals surface area (Å²) in [6.45, 7) is 0.414. The summed E-state index contributed by atoms with van der Waals surface area (Å²) in [7, 11) is 0. The predicted molar refractivity (Wildman–Crippen MR) is 102 cm³/mol. The topological polar surface area (TPSA) is 93.5 Å². The Morgan fingerprint density at radius 1 is 1.12 bits per heavy atom. The van der Waals surface area contributed by atoms with Gasteiger partial charge in [-0.2, -0.15) is 0 Å². The van der Waals surface area contributed by atoms with Crippen molar-refractivity contribution in [1.82, 2.24) is 0 Å². The Balaban J connectivity index is 0.00000225. The molecule has 3 rings (SSSR count). The van der Waals surface area contributed by atoms with Crippen LogP contribution < -0.4 is 16.4 Å². The van der Waals surface area contributed by atoms with E-state index in [-0.39, 0.29) is 30.3 Å². The number of benzene rings is 1. The van der Waals surface area contributed by atoms with Crippen LogP contribution in [0.25, 0.3) is 0 Å². The second-order valence-electron chi connectivity index (χ2n) is 5.53. The Labute approximate surface area is 156 Å². The van der Waals surface area contributed by atoms with Crippen LogP contribution in [0.15, 0.2) is 41.8 Å². The molecular formula is C17H20ClN3O3S. The fourth-order valence-electron chi connectivity index (χ4n) is 2.58. The monoisotopic (exact) mass is 381 g/mol. The minimum Gasteiger partial charge on any atom is -0.364 e. The van der Waals surface area contributed by atoms with Crippen molar-refractivity contribution in [1.29, 1.82) is 0 Å². The molecule has 1 aliphatic rings. The van der Waals surface area contributed by atoms with Crippen molar-refractivity contribution < 1.29 is 14.3 Å². The van der Waals surface area contributed by atoms with Crippen LogP contribution >= 0.6 is 23.7 Å². The maximum Gasteiger partial charge on any atom is 0.265 e. The number of para-hydroxylation sites is 2. The Morgan fingerprint density at radius 2 is 1.84 bits per heavy atom. The van der Waals surface area contributed by atoms with E-state index in [1.54, 1.807) is 30.3 Å². The van der Waals surface area contributed by atoms with E-state index in [0.717, 1.165) is 6.42 Å². The zero-order valence-electron chi connectivity index (χ0n) is 13.4. The zero-order chi connectivity index (χ0) is 16.9. The van der Waals surface area contributed by atoms with Crippen LogP contribution in [0.1, 0.15) is 22.5 Å². The van der Waals surface area contributed by atoms with E-state index in [9.17, 15) is 9.59 Å². The number of hydrogen-bond donors (Lipinski definition) is 3.